The molecule has 0 bridgehead atoms. The zero-order chi connectivity index (χ0) is 25.0. The zero-order valence-corrected chi connectivity index (χ0v) is 20.1. The number of aromatic nitrogens is 2. The van der Waals surface area contributed by atoms with Gasteiger partial charge in [-0.1, -0.05) is 30.3 Å². The number of amides is 1. The van der Waals surface area contributed by atoms with Crippen molar-refractivity contribution in [1.82, 2.24) is 15.1 Å². The third kappa shape index (κ3) is 4.88. The first-order chi connectivity index (χ1) is 17.6. The van der Waals surface area contributed by atoms with Crippen molar-refractivity contribution in [2.45, 2.75) is 18.3 Å². The van der Waals surface area contributed by atoms with Crippen LogP contribution in [-0.2, 0) is 10.2 Å². The van der Waals surface area contributed by atoms with E-state index in [2.05, 4.69) is 5.32 Å². The number of halogens is 1. The average molecular weight is 486 g/mol. The molecule has 0 radical (unpaired) electrons. The van der Waals surface area contributed by atoms with Crippen LogP contribution in [0.2, 0.25) is 0 Å². The molecule has 0 aliphatic carbocycles. The maximum Gasteiger partial charge on any atom is 0.255 e. The van der Waals surface area contributed by atoms with E-state index in [1.165, 1.54) is 6.07 Å². The Morgan fingerprint density at radius 2 is 1.81 bits per heavy atom. The van der Waals surface area contributed by atoms with Gasteiger partial charge in [-0.15, -0.1) is 0 Å². The fraction of sp³-hybridized carbons (Fsp3) is 0.241. The Bertz CT molecular complexity index is 1330. The van der Waals surface area contributed by atoms with Crippen molar-refractivity contribution in [3.63, 3.8) is 0 Å². The van der Waals surface area contributed by atoms with Gasteiger partial charge in [-0.25, -0.2) is 9.07 Å². The van der Waals surface area contributed by atoms with E-state index in [0.29, 0.717) is 43.9 Å². The molecule has 1 aromatic heterocycles. The van der Waals surface area contributed by atoms with Gasteiger partial charge in [0.1, 0.15) is 17.3 Å². The first-order valence-corrected chi connectivity index (χ1v) is 12.0. The predicted octanol–water partition coefficient (Wildman–Crippen LogP) is 5.17. The van der Waals surface area contributed by atoms with Crippen LogP contribution in [-0.4, -0.2) is 42.6 Å². The number of carbonyl (C=O) groups is 1. The van der Waals surface area contributed by atoms with Gasteiger partial charge < -0.3 is 14.8 Å². The molecular weight excluding hydrogens is 457 g/mol. The maximum absolute atomic E-state index is 14.1. The highest BCUT2D eigenvalue weighted by Crippen LogP contribution is 2.35. The summed E-state index contributed by atoms with van der Waals surface area (Å²) in [5.41, 5.74) is 3.18. The highest BCUT2D eigenvalue weighted by Gasteiger charge is 2.35. The van der Waals surface area contributed by atoms with Crippen LogP contribution in [0.5, 0.6) is 5.75 Å². The van der Waals surface area contributed by atoms with Gasteiger partial charge in [-0.2, -0.15) is 5.10 Å². The number of ether oxygens (including phenoxy) is 2. The van der Waals surface area contributed by atoms with E-state index >= 15 is 0 Å². The van der Waals surface area contributed by atoms with Crippen LogP contribution in [0, 0.1) is 5.82 Å². The SMILES string of the molecule is COc1ccc(-c2nn(-c3ccccc3)cc2C(=O)NCC2(c3cccc(F)c3)CCOCC2)cc1. The molecule has 6 nitrogen and oxygen atoms in total. The summed E-state index contributed by atoms with van der Waals surface area (Å²) < 4.78 is 26.7. The molecule has 1 amide bonds. The summed E-state index contributed by atoms with van der Waals surface area (Å²) in [5, 5.41) is 7.88. The van der Waals surface area contributed by atoms with Crippen molar-refractivity contribution in [2.24, 2.45) is 0 Å². The summed E-state index contributed by atoms with van der Waals surface area (Å²) in [7, 11) is 1.61. The molecule has 1 fully saturated rings. The van der Waals surface area contributed by atoms with Crippen LogP contribution in [0.4, 0.5) is 4.39 Å². The quantitative estimate of drug-likeness (QED) is 0.393. The fourth-order valence-electron chi connectivity index (χ4n) is 4.71. The largest absolute Gasteiger partial charge is 0.497 e. The lowest BCUT2D eigenvalue weighted by Crippen LogP contribution is -2.44. The van der Waals surface area contributed by atoms with E-state index < -0.39 is 5.41 Å². The number of nitrogens with zero attached hydrogens (tertiary/aromatic N) is 2. The van der Waals surface area contributed by atoms with Crippen LogP contribution in [0.25, 0.3) is 16.9 Å². The summed E-state index contributed by atoms with van der Waals surface area (Å²) in [6.45, 7) is 1.50. The summed E-state index contributed by atoms with van der Waals surface area (Å²) in [6, 6.07) is 23.8. The monoisotopic (exact) mass is 485 g/mol. The smallest absolute Gasteiger partial charge is 0.255 e. The summed E-state index contributed by atoms with van der Waals surface area (Å²) in [5.74, 6) is 0.213. The van der Waals surface area contributed by atoms with Crippen molar-refractivity contribution in [1.29, 1.82) is 0 Å². The van der Waals surface area contributed by atoms with Crippen molar-refractivity contribution >= 4 is 5.91 Å². The van der Waals surface area contributed by atoms with Crippen molar-refractivity contribution in [3.8, 4) is 22.7 Å². The molecule has 184 valence electrons. The lowest BCUT2D eigenvalue weighted by molar-refractivity contribution is 0.0486. The molecule has 0 saturated carbocycles. The molecule has 1 aliphatic rings. The molecule has 0 unspecified atom stereocenters. The van der Waals surface area contributed by atoms with E-state index in [1.807, 2.05) is 60.7 Å². The minimum atomic E-state index is -0.397. The van der Waals surface area contributed by atoms with E-state index in [1.54, 1.807) is 30.1 Å². The maximum atomic E-state index is 14.1. The first kappa shape index (κ1) is 23.8. The van der Waals surface area contributed by atoms with Gasteiger partial charge in [-0.3, -0.25) is 4.79 Å². The van der Waals surface area contributed by atoms with E-state index in [-0.39, 0.29) is 11.7 Å². The second-order valence-corrected chi connectivity index (χ2v) is 8.99. The standard InChI is InChI=1S/C29H28FN3O3/c1-35-25-12-10-21(11-13-25)27-26(19-33(32-27)24-8-3-2-4-9-24)28(34)31-20-29(14-16-36-17-15-29)22-6-5-7-23(30)18-22/h2-13,18-19H,14-17,20H2,1H3,(H,31,34). The molecule has 36 heavy (non-hydrogen) atoms. The molecule has 7 heteroatoms. The van der Waals surface area contributed by atoms with Gasteiger partial charge in [0.25, 0.3) is 5.91 Å². The highest BCUT2D eigenvalue weighted by molar-refractivity contribution is 6.00. The number of nitrogens with one attached hydrogen (secondary N) is 1. The molecule has 0 spiro atoms. The van der Waals surface area contributed by atoms with Crippen molar-refractivity contribution < 1.29 is 18.7 Å². The lowest BCUT2D eigenvalue weighted by atomic mass is 9.74. The minimum Gasteiger partial charge on any atom is -0.497 e. The van der Waals surface area contributed by atoms with E-state index in [0.717, 1.165) is 22.6 Å². The first-order valence-electron chi connectivity index (χ1n) is 12.0. The number of benzene rings is 3. The Morgan fingerprint density at radius 3 is 2.50 bits per heavy atom. The van der Waals surface area contributed by atoms with Crippen LogP contribution >= 0.6 is 0 Å². The third-order valence-electron chi connectivity index (χ3n) is 6.82. The molecule has 0 atom stereocenters. The molecule has 3 aromatic carbocycles. The van der Waals surface area contributed by atoms with Crippen LogP contribution in [0.3, 0.4) is 0 Å². The Labute approximate surface area is 209 Å². The molecule has 1 N–H and O–H groups in total. The van der Waals surface area contributed by atoms with Crippen LogP contribution < -0.4 is 10.1 Å². The third-order valence-corrected chi connectivity index (χ3v) is 6.82. The molecule has 4 aromatic rings. The van der Waals surface area contributed by atoms with Gasteiger partial charge in [0.15, 0.2) is 0 Å². The molecular formula is C29H28FN3O3. The number of carbonyl (C=O) groups excluding carboxylic acids is 1. The van der Waals surface area contributed by atoms with E-state index in [4.69, 9.17) is 14.6 Å². The van der Waals surface area contributed by atoms with Gasteiger partial charge >= 0.3 is 0 Å². The predicted molar refractivity (Wildman–Crippen MR) is 136 cm³/mol. The van der Waals surface area contributed by atoms with Crippen molar-refractivity contribution in [3.05, 3.63) is 102 Å². The minimum absolute atomic E-state index is 0.231. The lowest BCUT2D eigenvalue weighted by Gasteiger charge is -2.38. The Morgan fingerprint density at radius 1 is 1.06 bits per heavy atom. The number of hydrogen-bond acceptors (Lipinski definition) is 4. The van der Waals surface area contributed by atoms with Crippen LogP contribution in [0.15, 0.2) is 85.1 Å². The summed E-state index contributed by atoms with van der Waals surface area (Å²) in [6.07, 6.45) is 3.15. The second-order valence-electron chi connectivity index (χ2n) is 8.99. The van der Waals surface area contributed by atoms with Gasteiger partial charge in [0, 0.05) is 36.9 Å². The second kappa shape index (κ2) is 10.3. The molecule has 5 rings (SSSR count). The fourth-order valence-corrected chi connectivity index (χ4v) is 4.71. The molecule has 2 heterocycles. The van der Waals surface area contributed by atoms with Gasteiger partial charge in [-0.05, 0) is 66.9 Å². The average Bonchev–Trinajstić information content (AvgIpc) is 3.39. The Balaban J connectivity index is 1.47. The Kier molecular flexibility index (Phi) is 6.82. The summed E-state index contributed by atoms with van der Waals surface area (Å²) in [4.78, 5) is 13.6. The number of hydrogen-bond donors (Lipinski definition) is 1. The van der Waals surface area contributed by atoms with Crippen LogP contribution in [0.1, 0.15) is 28.8 Å². The highest BCUT2D eigenvalue weighted by atomic mass is 19.1. The van der Waals surface area contributed by atoms with E-state index in [9.17, 15) is 9.18 Å². The summed E-state index contributed by atoms with van der Waals surface area (Å²) >= 11 is 0. The Hall–Kier alpha value is -3.97. The number of methoxy groups -OCH3 is 1. The topological polar surface area (TPSA) is 65.4 Å². The molecule has 1 aliphatic heterocycles. The van der Waals surface area contributed by atoms with Gasteiger partial charge in [0.05, 0.1) is 18.4 Å². The zero-order valence-electron chi connectivity index (χ0n) is 20.1. The molecule has 1 saturated heterocycles. The van der Waals surface area contributed by atoms with Gasteiger partial charge in [0.2, 0.25) is 0 Å². The normalized spacial score (nSPS) is 14.8. The van der Waals surface area contributed by atoms with Crippen molar-refractivity contribution in [2.75, 3.05) is 26.9 Å². The number of para-hydroxylation sites is 1. The number of rotatable bonds is 7.